The number of rotatable bonds is 5. The lowest BCUT2D eigenvalue weighted by molar-refractivity contribution is 0.0775. The zero-order valence-electron chi connectivity index (χ0n) is 16.3. The Labute approximate surface area is 165 Å². The van der Waals surface area contributed by atoms with Crippen LogP contribution in [0.2, 0.25) is 0 Å². The van der Waals surface area contributed by atoms with Gasteiger partial charge in [-0.2, -0.15) is 0 Å². The normalized spacial score (nSPS) is 16.4. The Hall–Kier alpha value is -3.08. The lowest BCUT2D eigenvalue weighted by atomic mass is 10.0. The zero-order chi connectivity index (χ0) is 19.5. The van der Waals surface area contributed by atoms with Crippen LogP contribution in [0, 0.1) is 12.8 Å². The molecular formula is C23H25N3O2. The van der Waals surface area contributed by atoms with Crippen molar-refractivity contribution in [1.29, 1.82) is 0 Å². The summed E-state index contributed by atoms with van der Waals surface area (Å²) in [6.45, 7) is 4.52. The third-order valence-electron chi connectivity index (χ3n) is 5.41. The summed E-state index contributed by atoms with van der Waals surface area (Å²) < 4.78 is 5.36. The first-order chi connectivity index (χ1) is 13.6. The Morgan fingerprint density at radius 1 is 1.14 bits per heavy atom. The predicted octanol–water partition coefficient (Wildman–Crippen LogP) is 4.25. The third kappa shape index (κ3) is 3.65. The highest BCUT2D eigenvalue weighted by molar-refractivity contribution is 6.00. The maximum Gasteiger partial charge on any atom is 0.259 e. The number of carbonyl (C=O) groups is 1. The summed E-state index contributed by atoms with van der Waals surface area (Å²) in [6.07, 6.45) is 1.08. The van der Waals surface area contributed by atoms with E-state index in [1.165, 1.54) is 5.69 Å². The molecule has 5 heteroatoms. The largest absolute Gasteiger partial charge is 0.371 e. The third-order valence-corrected chi connectivity index (χ3v) is 5.41. The Balaban J connectivity index is 1.46. The molecule has 4 rings (SSSR count). The standard InChI is InChI=1S/C23H25N3O2/c1-17-21(22(24-28-17)19-9-5-3-6-10-19)23(27)25(2)15-18-13-14-26(16-18)20-11-7-4-8-12-20/h3-12,18H,13-16H2,1-2H3. The molecule has 1 amide bonds. The van der Waals surface area contributed by atoms with Crippen LogP contribution in [0.4, 0.5) is 5.69 Å². The van der Waals surface area contributed by atoms with Crippen LogP contribution in [0.5, 0.6) is 0 Å². The minimum absolute atomic E-state index is 0.0317. The van der Waals surface area contributed by atoms with Crippen LogP contribution in [0.1, 0.15) is 22.5 Å². The van der Waals surface area contributed by atoms with E-state index in [-0.39, 0.29) is 5.91 Å². The van der Waals surface area contributed by atoms with Crippen molar-refractivity contribution in [2.75, 3.05) is 31.6 Å². The fourth-order valence-electron chi connectivity index (χ4n) is 3.93. The number of aryl methyl sites for hydroxylation is 1. The zero-order valence-corrected chi connectivity index (χ0v) is 16.3. The topological polar surface area (TPSA) is 49.6 Å². The van der Waals surface area contributed by atoms with E-state index in [0.717, 1.165) is 31.6 Å². The van der Waals surface area contributed by atoms with Crippen molar-refractivity contribution >= 4 is 11.6 Å². The molecule has 0 aliphatic carbocycles. The molecule has 0 bridgehead atoms. The smallest absolute Gasteiger partial charge is 0.259 e. The molecule has 5 nitrogen and oxygen atoms in total. The van der Waals surface area contributed by atoms with Crippen LogP contribution in [-0.2, 0) is 0 Å². The van der Waals surface area contributed by atoms with Crippen molar-refractivity contribution in [3.63, 3.8) is 0 Å². The summed E-state index contributed by atoms with van der Waals surface area (Å²) >= 11 is 0. The first kappa shape index (κ1) is 18.3. The second kappa shape index (κ2) is 7.89. The fourth-order valence-corrected chi connectivity index (χ4v) is 3.93. The quantitative estimate of drug-likeness (QED) is 0.669. The van der Waals surface area contributed by atoms with Gasteiger partial charge in [0.1, 0.15) is 17.0 Å². The first-order valence-electron chi connectivity index (χ1n) is 9.70. The molecule has 1 aliphatic heterocycles. The Bertz CT molecular complexity index is 937. The molecule has 2 heterocycles. The molecule has 1 fully saturated rings. The molecule has 0 saturated carbocycles. The predicted molar refractivity (Wildman–Crippen MR) is 110 cm³/mol. The average Bonchev–Trinajstić information content (AvgIpc) is 3.35. The van der Waals surface area contributed by atoms with Crippen LogP contribution in [0.3, 0.4) is 0 Å². The molecular weight excluding hydrogens is 350 g/mol. The maximum absolute atomic E-state index is 13.2. The highest BCUT2D eigenvalue weighted by Gasteiger charge is 2.28. The van der Waals surface area contributed by atoms with E-state index in [4.69, 9.17) is 4.52 Å². The van der Waals surface area contributed by atoms with Gasteiger partial charge < -0.3 is 14.3 Å². The van der Waals surface area contributed by atoms with Gasteiger partial charge in [0.2, 0.25) is 0 Å². The summed E-state index contributed by atoms with van der Waals surface area (Å²) in [5.41, 5.74) is 3.33. The first-order valence-corrected chi connectivity index (χ1v) is 9.70. The van der Waals surface area contributed by atoms with Gasteiger partial charge in [-0.05, 0) is 31.4 Å². The molecule has 0 N–H and O–H groups in total. The Morgan fingerprint density at radius 2 is 1.82 bits per heavy atom. The summed E-state index contributed by atoms with van der Waals surface area (Å²) in [5, 5.41) is 4.14. The molecule has 2 aromatic carbocycles. The lowest BCUT2D eigenvalue weighted by Crippen LogP contribution is -2.33. The van der Waals surface area contributed by atoms with E-state index in [0.29, 0.717) is 22.9 Å². The van der Waals surface area contributed by atoms with E-state index >= 15 is 0 Å². The molecule has 0 spiro atoms. The van der Waals surface area contributed by atoms with Gasteiger partial charge in [-0.25, -0.2) is 0 Å². The SMILES string of the molecule is Cc1onc(-c2ccccc2)c1C(=O)N(C)CC1CCN(c2ccccc2)C1. The number of hydrogen-bond acceptors (Lipinski definition) is 4. The van der Waals surface area contributed by atoms with Gasteiger partial charge in [0.15, 0.2) is 0 Å². The van der Waals surface area contributed by atoms with E-state index in [1.54, 1.807) is 6.92 Å². The minimum atomic E-state index is -0.0317. The molecule has 1 aromatic heterocycles. The fraction of sp³-hybridized carbons (Fsp3) is 0.304. The number of carbonyl (C=O) groups excluding carboxylic acids is 1. The molecule has 0 radical (unpaired) electrons. The Kier molecular flexibility index (Phi) is 5.15. The monoisotopic (exact) mass is 375 g/mol. The number of para-hydroxylation sites is 1. The van der Waals surface area contributed by atoms with Gasteiger partial charge in [0, 0.05) is 37.9 Å². The van der Waals surface area contributed by atoms with E-state index in [2.05, 4.69) is 34.3 Å². The number of amides is 1. The van der Waals surface area contributed by atoms with Gasteiger partial charge in [-0.1, -0.05) is 53.7 Å². The molecule has 3 aromatic rings. The molecule has 1 saturated heterocycles. The van der Waals surface area contributed by atoms with Gasteiger partial charge >= 0.3 is 0 Å². The number of benzene rings is 2. The summed E-state index contributed by atoms with van der Waals surface area (Å²) in [5.74, 6) is 0.985. The molecule has 144 valence electrons. The van der Waals surface area contributed by atoms with Gasteiger partial charge in [-0.15, -0.1) is 0 Å². The molecule has 28 heavy (non-hydrogen) atoms. The average molecular weight is 375 g/mol. The van der Waals surface area contributed by atoms with E-state index in [9.17, 15) is 4.79 Å². The van der Waals surface area contributed by atoms with Crippen LogP contribution < -0.4 is 4.90 Å². The number of hydrogen-bond donors (Lipinski definition) is 0. The summed E-state index contributed by atoms with van der Waals surface area (Å²) in [4.78, 5) is 17.4. The second-order valence-electron chi connectivity index (χ2n) is 7.45. The van der Waals surface area contributed by atoms with Crippen molar-refractivity contribution in [2.24, 2.45) is 5.92 Å². The molecule has 1 aliphatic rings. The van der Waals surface area contributed by atoms with Crippen LogP contribution in [0.25, 0.3) is 11.3 Å². The highest BCUT2D eigenvalue weighted by Crippen LogP contribution is 2.28. The van der Waals surface area contributed by atoms with Crippen molar-refractivity contribution in [2.45, 2.75) is 13.3 Å². The highest BCUT2D eigenvalue weighted by atomic mass is 16.5. The van der Waals surface area contributed by atoms with Crippen molar-refractivity contribution in [1.82, 2.24) is 10.1 Å². The summed E-state index contributed by atoms with van der Waals surface area (Å²) in [6, 6.07) is 20.2. The Morgan fingerprint density at radius 3 is 2.54 bits per heavy atom. The lowest BCUT2D eigenvalue weighted by Gasteiger charge is -2.22. The molecule has 1 unspecified atom stereocenters. The van der Waals surface area contributed by atoms with Gasteiger partial charge in [0.05, 0.1) is 0 Å². The van der Waals surface area contributed by atoms with Gasteiger partial charge in [-0.3, -0.25) is 4.79 Å². The number of aromatic nitrogens is 1. The van der Waals surface area contributed by atoms with E-state index < -0.39 is 0 Å². The van der Waals surface area contributed by atoms with E-state index in [1.807, 2.05) is 48.3 Å². The van der Waals surface area contributed by atoms with Crippen molar-refractivity contribution < 1.29 is 9.32 Å². The van der Waals surface area contributed by atoms with Crippen LogP contribution >= 0.6 is 0 Å². The van der Waals surface area contributed by atoms with Crippen LogP contribution in [0.15, 0.2) is 65.2 Å². The van der Waals surface area contributed by atoms with Crippen molar-refractivity contribution in [3.05, 3.63) is 72.0 Å². The van der Waals surface area contributed by atoms with Gasteiger partial charge in [0.25, 0.3) is 5.91 Å². The second-order valence-corrected chi connectivity index (χ2v) is 7.45. The van der Waals surface area contributed by atoms with Crippen molar-refractivity contribution in [3.8, 4) is 11.3 Å². The van der Waals surface area contributed by atoms with Crippen LogP contribution in [-0.4, -0.2) is 42.6 Å². The maximum atomic E-state index is 13.2. The molecule has 1 atom stereocenters. The number of nitrogens with zero attached hydrogens (tertiary/aromatic N) is 3. The number of anilines is 1. The minimum Gasteiger partial charge on any atom is -0.371 e. The summed E-state index contributed by atoms with van der Waals surface area (Å²) in [7, 11) is 1.87.